The number of pyridine rings is 1. The van der Waals surface area contributed by atoms with E-state index in [9.17, 15) is 4.79 Å². The lowest BCUT2D eigenvalue weighted by atomic mass is 9.82. The molecule has 18 heavy (non-hydrogen) atoms. The first-order valence-electron chi connectivity index (χ1n) is 6.58. The molecule has 0 aliphatic carbocycles. The van der Waals surface area contributed by atoms with Gasteiger partial charge in [0.05, 0.1) is 5.69 Å². The Bertz CT molecular complexity index is 467. The average Bonchev–Trinajstić information content (AvgIpc) is 2.34. The molecule has 1 saturated heterocycles. The Morgan fingerprint density at radius 1 is 1.50 bits per heavy atom. The van der Waals surface area contributed by atoms with Crippen molar-refractivity contribution in [3.63, 3.8) is 0 Å². The Hall–Kier alpha value is -0.900. The van der Waals surface area contributed by atoms with Crippen LogP contribution in [0.5, 0.6) is 0 Å². The van der Waals surface area contributed by atoms with Gasteiger partial charge in [0.25, 0.3) is 5.56 Å². The van der Waals surface area contributed by atoms with E-state index in [1.807, 2.05) is 30.9 Å². The fraction of sp³-hybridized carbons (Fsp3) is 0.643. The predicted octanol–water partition coefficient (Wildman–Crippen LogP) is 2.81. The number of nitrogens with zero attached hydrogens (tertiary/aromatic N) is 1. The normalized spacial score (nSPS) is 22.7. The maximum absolute atomic E-state index is 11.6. The minimum absolute atomic E-state index is 0.0697. The van der Waals surface area contributed by atoms with E-state index in [4.69, 9.17) is 0 Å². The standard InChI is InChI=1S/C14H22N2OS/c1-4-16-9-11(5-6-13(16)17)15-12-10-18-8-7-14(12,2)3/h5-6,9,12,15H,4,7-8,10H2,1-3H3. The van der Waals surface area contributed by atoms with E-state index in [0.717, 1.165) is 18.0 Å². The van der Waals surface area contributed by atoms with E-state index in [1.54, 1.807) is 10.6 Å². The topological polar surface area (TPSA) is 34.0 Å². The van der Waals surface area contributed by atoms with Gasteiger partial charge in [-0.1, -0.05) is 13.8 Å². The molecule has 0 amide bonds. The van der Waals surface area contributed by atoms with Crippen molar-refractivity contribution in [3.05, 3.63) is 28.7 Å². The summed E-state index contributed by atoms with van der Waals surface area (Å²) < 4.78 is 1.74. The molecule has 2 heterocycles. The maximum atomic E-state index is 11.6. The minimum atomic E-state index is 0.0697. The van der Waals surface area contributed by atoms with Gasteiger partial charge in [-0.2, -0.15) is 11.8 Å². The van der Waals surface area contributed by atoms with Crippen LogP contribution in [0.2, 0.25) is 0 Å². The Balaban J connectivity index is 2.15. The van der Waals surface area contributed by atoms with Crippen molar-refractivity contribution in [1.82, 2.24) is 4.57 Å². The molecule has 4 heteroatoms. The van der Waals surface area contributed by atoms with E-state index < -0.39 is 0 Å². The van der Waals surface area contributed by atoms with Crippen LogP contribution in [0.4, 0.5) is 5.69 Å². The number of aromatic nitrogens is 1. The summed E-state index contributed by atoms with van der Waals surface area (Å²) in [5, 5.41) is 3.59. The highest BCUT2D eigenvalue weighted by molar-refractivity contribution is 7.99. The zero-order valence-corrected chi connectivity index (χ0v) is 12.2. The second-order valence-corrected chi connectivity index (χ2v) is 6.70. The quantitative estimate of drug-likeness (QED) is 0.913. The number of aryl methyl sites for hydroxylation is 1. The van der Waals surface area contributed by atoms with Crippen molar-refractivity contribution in [1.29, 1.82) is 0 Å². The van der Waals surface area contributed by atoms with Crippen LogP contribution in [0.3, 0.4) is 0 Å². The fourth-order valence-corrected chi connectivity index (χ4v) is 3.85. The first-order valence-corrected chi connectivity index (χ1v) is 7.73. The van der Waals surface area contributed by atoms with Crippen LogP contribution in [0.15, 0.2) is 23.1 Å². The van der Waals surface area contributed by atoms with E-state index >= 15 is 0 Å². The molecular formula is C14H22N2OS. The van der Waals surface area contributed by atoms with Crippen LogP contribution in [0.25, 0.3) is 0 Å². The van der Waals surface area contributed by atoms with Crippen LogP contribution in [-0.4, -0.2) is 22.1 Å². The third-order valence-electron chi connectivity index (χ3n) is 3.78. The molecule has 3 nitrogen and oxygen atoms in total. The van der Waals surface area contributed by atoms with Crippen LogP contribution >= 0.6 is 11.8 Å². The van der Waals surface area contributed by atoms with Crippen molar-refractivity contribution in [2.45, 2.75) is 39.8 Å². The smallest absolute Gasteiger partial charge is 0.250 e. The highest BCUT2D eigenvalue weighted by Crippen LogP contribution is 2.35. The number of anilines is 1. The number of rotatable bonds is 3. The zero-order chi connectivity index (χ0) is 13.2. The molecule has 100 valence electrons. The van der Waals surface area contributed by atoms with E-state index in [0.29, 0.717) is 11.5 Å². The summed E-state index contributed by atoms with van der Waals surface area (Å²) in [6.45, 7) is 7.35. The minimum Gasteiger partial charge on any atom is -0.380 e. The average molecular weight is 266 g/mol. The summed E-state index contributed by atoms with van der Waals surface area (Å²) in [4.78, 5) is 11.6. The van der Waals surface area contributed by atoms with Crippen LogP contribution < -0.4 is 10.9 Å². The molecule has 0 saturated carbocycles. The summed E-state index contributed by atoms with van der Waals surface area (Å²) in [5.41, 5.74) is 1.44. The van der Waals surface area contributed by atoms with Crippen molar-refractivity contribution in [3.8, 4) is 0 Å². The summed E-state index contributed by atoms with van der Waals surface area (Å²) in [5.74, 6) is 2.39. The first kappa shape index (κ1) is 13.5. The van der Waals surface area contributed by atoms with Gasteiger partial charge in [-0.25, -0.2) is 0 Å². The summed E-state index contributed by atoms with van der Waals surface area (Å²) in [6.07, 6.45) is 3.17. The van der Waals surface area contributed by atoms with E-state index in [-0.39, 0.29) is 5.56 Å². The van der Waals surface area contributed by atoms with Gasteiger partial charge >= 0.3 is 0 Å². The lowest BCUT2D eigenvalue weighted by Gasteiger charge is -2.39. The number of hydrogen-bond acceptors (Lipinski definition) is 3. The van der Waals surface area contributed by atoms with E-state index in [1.165, 1.54) is 12.2 Å². The molecular weight excluding hydrogens is 244 g/mol. The number of thioether (sulfide) groups is 1. The van der Waals surface area contributed by atoms with Gasteiger partial charge in [0, 0.05) is 30.6 Å². The zero-order valence-electron chi connectivity index (χ0n) is 11.4. The molecule has 1 aromatic rings. The summed E-state index contributed by atoms with van der Waals surface area (Å²) in [7, 11) is 0. The third-order valence-corrected chi connectivity index (χ3v) is 4.85. The molecule has 0 spiro atoms. The third kappa shape index (κ3) is 2.91. The molecule has 0 aromatic carbocycles. The molecule has 1 aromatic heterocycles. The second-order valence-electron chi connectivity index (χ2n) is 5.55. The second kappa shape index (κ2) is 5.39. The van der Waals surface area contributed by atoms with Gasteiger partial charge in [0.2, 0.25) is 0 Å². The molecule has 0 radical (unpaired) electrons. The first-order chi connectivity index (χ1) is 8.53. The highest BCUT2D eigenvalue weighted by atomic mass is 32.2. The molecule has 0 bridgehead atoms. The van der Waals surface area contributed by atoms with Crippen LogP contribution in [0, 0.1) is 5.41 Å². The Labute approximate surface area is 113 Å². The van der Waals surface area contributed by atoms with Crippen LogP contribution in [0.1, 0.15) is 27.2 Å². The van der Waals surface area contributed by atoms with Gasteiger partial charge in [-0.15, -0.1) is 0 Å². The molecule has 1 aliphatic heterocycles. The van der Waals surface area contributed by atoms with E-state index in [2.05, 4.69) is 19.2 Å². The number of hydrogen-bond donors (Lipinski definition) is 1. The molecule has 1 N–H and O–H groups in total. The lowest BCUT2D eigenvalue weighted by molar-refractivity contribution is 0.305. The molecule has 1 fully saturated rings. The van der Waals surface area contributed by atoms with Gasteiger partial charge in [0.1, 0.15) is 0 Å². The maximum Gasteiger partial charge on any atom is 0.250 e. The summed E-state index contributed by atoms with van der Waals surface area (Å²) in [6, 6.07) is 4.01. The molecule has 1 atom stereocenters. The SMILES string of the molecule is CCn1cc(NC2CSCCC2(C)C)ccc1=O. The Kier molecular flexibility index (Phi) is 4.05. The largest absolute Gasteiger partial charge is 0.380 e. The molecule has 2 rings (SSSR count). The fourth-order valence-electron chi connectivity index (χ4n) is 2.24. The molecule has 1 aliphatic rings. The Morgan fingerprint density at radius 2 is 2.28 bits per heavy atom. The monoisotopic (exact) mass is 266 g/mol. The van der Waals surface area contributed by atoms with Gasteiger partial charge in [-0.3, -0.25) is 4.79 Å². The van der Waals surface area contributed by atoms with Crippen molar-refractivity contribution in [2.24, 2.45) is 5.41 Å². The van der Waals surface area contributed by atoms with Gasteiger partial charge < -0.3 is 9.88 Å². The predicted molar refractivity (Wildman–Crippen MR) is 79.5 cm³/mol. The number of nitrogens with one attached hydrogen (secondary N) is 1. The van der Waals surface area contributed by atoms with Crippen molar-refractivity contribution >= 4 is 17.4 Å². The van der Waals surface area contributed by atoms with Crippen LogP contribution in [-0.2, 0) is 6.54 Å². The van der Waals surface area contributed by atoms with Crippen molar-refractivity contribution in [2.75, 3.05) is 16.8 Å². The highest BCUT2D eigenvalue weighted by Gasteiger charge is 2.32. The molecule has 1 unspecified atom stereocenters. The van der Waals surface area contributed by atoms with Gasteiger partial charge in [0.15, 0.2) is 0 Å². The van der Waals surface area contributed by atoms with Gasteiger partial charge in [-0.05, 0) is 30.6 Å². The van der Waals surface area contributed by atoms with Crippen molar-refractivity contribution < 1.29 is 0 Å². The Morgan fingerprint density at radius 3 is 2.94 bits per heavy atom. The summed E-state index contributed by atoms with van der Waals surface area (Å²) >= 11 is 2.01. The lowest BCUT2D eigenvalue weighted by Crippen LogP contribution is -2.41.